The summed E-state index contributed by atoms with van der Waals surface area (Å²) >= 11 is 0. The van der Waals surface area contributed by atoms with Crippen LogP contribution in [-0.4, -0.2) is 64.3 Å². The first kappa shape index (κ1) is 16.1. The molecule has 24 heavy (non-hydrogen) atoms. The predicted octanol–water partition coefficient (Wildman–Crippen LogP) is -0.742. The molecule has 12 nitrogen and oxygen atoms in total. The van der Waals surface area contributed by atoms with Gasteiger partial charge in [0.25, 0.3) is 12.4 Å². The molecular formula is C10H16F2N12. The summed E-state index contributed by atoms with van der Waals surface area (Å²) in [6.07, 6.45) is -1.79. The van der Waals surface area contributed by atoms with Gasteiger partial charge in [-0.15, -0.1) is 25.5 Å². The number of aromatic nitrogens is 8. The van der Waals surface area contributed by atoms with Gasteiger partial charge in [0.2, 0.25) is 11.7 Å². The van der Waals surface area contributed by atoms with E-state index in [2.05, 4.69) is 41.5 Å². The maximum Gasteiger partial charge on any atom is 0.288 e. The first-order valence-corrected chi connectivity index (χ1v) is 7.37. The molecule has 0 aliphatic carbocycles. The summed E-state index contributed by atoms with van der Waals surface area (Å²) in [5.74, 6) is 0.403. The van der Waals surface area contributed by atoms with Gasteiger partial charge in [-0.1, -0.05) is 12.0 Å². The van der Waals surface area contributed by atoms with Crippen LogP contribution >= 0.6 is 0 Å². The number of hydrazine groups is 2. The van der Waals surface area contributed by atoms with E-state index in [9.17, 15) is 8.78 Å². The first-order chi connectivity index (χ1) is 11.6. The van der Waals surface area contributed by atoms with Crippen molar-refractivity contribution in [1.82, 2.24) is 51.1 Å². The molecule has 1 aliphatic heterocycles. The van der Waals surface area contributed by atoms with Gasteiger partial charge in [0, 0.05) is 0 Å². The Labute approximate surface area is 135 Å². The van der Waals surface area contributed by atoms with E-state index in [1.165, 1.54) is 14.6 Å². The van der Waals surface area contributed by atoms with Crippen LogP contribution in [0.2, 0.25) is 0 Å². The molecule has 1 aliphatic rings. The standard InChI is InChI=1S/C10H16F2N12/c1-3-5-22-17-10(15-19-22)24-9(8-13-18-21(4-2)16-8)14-20-23(24)6-7(11)12/h7,20H,3-6H2,1-2H3. The van der Waals surface area contributed by atoms with Crippen LogP contribution in [-0.2, 0) is 13.1 Å². The molecule has 0 radical (unpaired) electrons. The van der Waals surface area contributed by atoms with Crippen molar-refractivity contribution in [2.45, 2.75) is 39.8 Å². The zero-order chi connectivity index (χ0) is 17.1. The van der Waals surface area contributed by atoms with Crippen molar-refractivity contribution < 1.29 is 8.78 Å². The van der Waals surface area contributed by atoms with E-state index in [1.54, 1.807) is 0 Å². The SMILES string of the molecule is CCCn1nnc(N2C(c3nnn(CC)n3)=NNN2CC(F)F)n1. The molecule has 0 saturated carbocycles. The Bertz CT molecular complexity index is 708. The molecule has 130 valence electrons. The van der Waals surface area contributed by atoms with Crippen molar-refractivity contribution in [3.05, 3.63) is 5.82 Å². The Morgan fingerprint density at radius 1 is 1.08 bits per heavy atom. The predicted molar refractivity (Wildman–Crippen MR) is 76.5 cm³/mol. The second kappa shape index (κ2) is 6.77. The van der Waals surface area contributed by atoms with Gasteiger partial charge < -0.3 is 0 Å². The normalized spacial score (nSPS) is 15.2. The number of amidine groups is 1. The Balaban J connectivity index is 1.91. The summed E-state index contributed by atoms with van der Waals surface area (Å²) in [5, 5.41) is 30.1. The fourth-order valence-electron chi connectivity index (χ4n) is 1.99. The van der Waals surface area contributed by atoms with Crippen LogP contribution in [0.25, 0.3) is 0 Å². The molecule has 0 atom stereocenters. The highest BCUT2D eigenvalue weighted by Gasteiger charge is 2.35. The number of halogens is 2. The molecule has 14 heteroatoms. The van der Waals surface area contributed by atoms with E-state index in [0.717, 1.165) is 11.5 Å². The molecule has 0 bridgehead atoms. The van der Waals surface area contributed by atoms with Crippen LogP contribution in [0.5, 0.6) is 0 Å². The van der Waals surface area contributed by atoms with Crippen LogP contribution < -0.4 is 10.5 Å². The number of nitrogens with one attached hydrogen (secondary N) is 1. The minimum Gasteiger partial charge on any atom is -0.219 e. The third-order valence-corrected chi connectivity index (χ3v) is 3.02. The third-order valence-electron chi connectivity index (χ3n) is 3.02. The zero-order valence-corrected chi connectivity index (χ0v) is 13.1. The van der Waals surface area contributed by atoms with Crippen molar-refractivity contribution >= 4 is 11.8 Å². The minimum atomic E-state index is -2.60. The molecule has 0 fully saturated rings. The number of rotatable bonds is 7. The number of anilines is 1. The van der Waals surface area contributed by atoms with Gasteiger partial charge in [0.1, 0.15) is 6.54 Å². The van der Waals surface area contributed by atoms with Crippen LogP contribution in [0, 0.1) is 0 Å². The number of aryl methyl sites for hydroxylation is 2. The molecule has 1 N–H and O–H groups in total. The van der Waals surface area contributed by atoms with Crippen LogP contribution in [0.1, 0.15) is 26.1 Å². The lowest BCUT2D eigenvalue weighted by Gasteiger charge is -2.24. The maximum atomic E-state index is 12.8. The number of alkyl halides is 2. The molecule has 2 aromatic rings. The number of nitrogens with zero attached hydrogens (tertiary/aromatic N) is 11. The second-order valence-corrected chi connectivity index (χ2v) is 4.81. The second-order valence-electron chi connectivity index (χ2n) is 4.81. The van der Waals surface area contributed by atoms with Gasteiger partial charge in [-0.25, -0.2) is 14.3 Å². The average molecular weight is 342 g/mol. The lowest BCUT2D eigenvalue weighted by molar-refractivity contribution is 0.0700. The summed E-state index contributed by atoms with van der Waals surface area (Å²) in [7, 11) is 0. The Kier molecular flexibility index (Phi) is 4.54. The quantitative estimate of drug-likeness (QED) is 0.694. The maximum absolute atomic E-state index is 12.8. The Morgan fingerprint density at radius 3 is 2.54 bits per heavy atom. The number of tetrazole rings is 2. The summed E-state index contributed by atoms with van der Waals surface area (Å²) in [5.41, 5.74) is 2.49. The lowest BCUT2D eigenvalue weighted by atomic mass is 10.5. The first-order valence-electron chi connectivity index (χ1n) is 7.37. The van der Waals surface area contributed by atoms with Crippen LogP contribution in [0.4, 0.5) is 14.7 Å². The van der Waals surface area contributed by atoms with Gasteiger partial charge in [0.15, 0.2) is 0 Å². The van der Waals surface area contributed by atoms with E-state index in [-0.39, 0.29) is 17.6 Å². The number of hydrogen-bond acceptors (Lipinski definition) is 10. The van der Waals surface area contributed by atoms with E-state index in [1.807, 2.05) is 13.8 Å². The van der Waals surface area contributed by atoms with Gasteiger partial charge in [-0.05, 0) is 23.8 Å². The summed E-state index contributed by atoms with van der Waals surface area (Å²) < 4.78 is 25.6. The van der Waals surface area contributed by atoms with Gasteiger partial charge in [0.05, 0.1) is 13.1 Å². The molecule has 2 aromatic heterocycles. The average Bonchev–Trinajstić information content (AvgIpc) is 3.25. The highest BCUT2D eigenvalue weighted by molar-refractivity contribution is 6.06. The summed E-state index contributed by atoms with van der Waals surface area (Å²) in [6.45, 7) is 4.25. The van der Waals surface area contributed by atoms with Crippen molar-refractivity contribution in [2.24, 2.45) is 5.10 Å². The molecule has 3 heterocycles. The van der Waals surface area contributed by atoms with Gasteiger partial charge >= 0.3 is 0 Å². The molecule has 3 rings (SSSR count). The van der Waals surface area contributed by atoms with E-state index < -0.39 is 13.0 Å². The fourth-order valence-corrected chi connectivity index (χ4v) is 1.99. The Hall–Kier alpha value is -2.77. The largest absolute Gasteiger partial charge is 0.288 e. The highest BCUT2D eigenvalue weighted by atomic mass is 19.3. The van der Waals surface area contributed by atoms with Crippen molar-refractivity contribution in [2.75, 3.05) is 11.6 Å². The molecule has 0 amide bonds. The number of hydrazone groups is 1. The molecule has 0 spiro atoms. The zero-order valence-electron chi connectivity index (χ0n) is 13.1. The highest BCUT2D eigenvalue weighted by Crippen LogP contribution is 2.17. The smallest absolute Gasteiger partial charge is 0.219 e. The van der Waals surface area contributed by atoms with E-state index >= 15 is 0 Å². The molecule has 0 saturated heterocycles. The van der Waals surface area contributed by atoms with Gasteiger partial charge in [-0.2, -0.15) is 14.6 Å². The molecular weight excluding hydrogens is 326 g/mol. The Morgan fingerprint density at radius 2 is 1.88 bits per heavy atom. The van der Waals surface area contributed by atoms with Gasteiger partial charge in [-0.3, -0.25) is 0 Å². The fraction of sp³-hybridized carbons (Fsp3) is 0.700. The lowest BCUT2D eigenvalue weighted by Crippen LogP contribution is -2.49. The number of hydrogen-bond donors (Lipinski definition) is 1. The van der Waals surface area contributed by atoms with Crippen LogP contribution in [0.15, 0.2) is 5.10 Å². The monoisotopic (exact) mass is 342 g/mol. The van der Waals surface area contributed by atoms with Crippen molar-refractivity contribution in [3.8, 4) is 0 Å². The van der Waals surface area contributed by atoms with Crippen molar-refractivity contribution in [3.63, 3.8) is 0 Å². The third kappa shape index (κ3) is 3.12. The molecule has 0 aromatic carbocycles. The summed E-state index contributed by atoms with van der Waals surface area (Å²) in [6, 6.07) is 0. The topological polar surface area (TPSA) is 118 Å². The molecule has 0 unspecified atom stereocenters. The van der Waals surface area contributed by atoms with E-state index in [4.69, 9.17) is 0 Å². The minimum absolute atomic E-state index is 0.0840. The van der Waals surface area contributed by atoms with Crippen LogP contribution in [0.3, 0.4) is 0 Å². The van der Waals surface area contributed by atoms with E-state index in [0.29, 0.717) is 13.1 Å². The summed E-state index contributed by atoms with van der Waals surface area (Å²) in [4.78, 5) is 2.73. The van der Waals surface area contributed by atoms with Crippen molar-refractivity contribution in [1.29, 1.82) is 0 Å².